The molecular formula is C30H32FN7O7S. The zero-order valence-corrected chi connectivity index (χ0v) is 26.3. The van der Waals surface area contributed by atoms with Gasteiger partial charge in [-0.05, 0) is 35.4 Å². The number of aromatic nitrogens is 5. The highest BCUT2D eigenvalue weighted by Crippen LogP contribution is 2.40. The number of benzene rings is 2. The number of nitrogens with zero attached hydrogens (tertiary/aromatic N) is 7. The first-order valence-electron chi connectivity index (χ1n) is 14.6. The molecular weight excluding hydrogens is 621 g/mol. The fraction of sp³-hybridized carbons (Fsp3) is 0.400. The smallest absolute Gasteiger partial charge is 0.341 e. The number of fused-ring (bicyclic) bond motifs is 1. The molecule has 1 amide bonds. The van der Waals surface area contributed by atoms with Crippen LogP contribution < -0.4 is 24.5 Å². The van der Waals surface area contributed by atoms with Gasteiger partial charge < -0.3 is 33.7 Å². The van der Waals surface area contributed by atoms with Crippen molar-refractivity contribution in [1.29, 1.82) is 0 Å². The molecule has 14 nitrogen and oxygen atoms in total. The first-order chi connectivity index (χ1) is 22.2. The molecule has 3 heterocycles. The summed E-state index contributed by atoms with van der Waals surface area (Å²) >= 11 is 1.33. The Labute approximate surface area is 266 Å². The number of halogens is 1. The van der Waals surface area contributed by atoms with Gasteiger partial charge in [0.25, 0.3) is 0 Å². The zero-order chi connectivity index (χ0) is 32.5. The predicted molar refractivity (Wildman–Crippen MR) is 166 cm³/mol. The Bertz CT molecular complexity index is 1840. The zero-order valence-electron chi connectivity index (χ0n) is 25.4. The third-order valence-corrected chi connectivity index (χ3v) is 9.05. The molecule has 1 saturated carbocycles. The van der Waals surface area contributed by atoms with Gasteiger partial charge in [-0.25, -0.2) is 9.18 Å². The highest BCUT2D eigenvalue weighted by molar-refractivity contribution is 7.99. The van der Waals surface area contributed by atoms with Gasteiger partial charge in [0.2, 0.25) is 22.2 Å². The van der Waals surface area contributed by atoms with E-state index in [1.54, 1.807) is 27.7 Å². The van der Waals surface area contributed by atoms with E-state index in [4.69, 9.17) is 14.2 Å². The Morgan fingerprint density at radius 3 is 2.33 bits per heavy atom. The number of carbonyl (C=O) groups excluding carboxylic acids is 1. The van der Waals surface area contributed by atoms with Crippen LogP contribution in [0.15, 0.2) is 40.4 Å². The standard InChI is InChI=1S/C30H32FN7O7S/c1-43-24-12-18(13-25(44-2)28(24)45-3)38-30(32-33-34-38)46-11-6-26(39)36-9-7-35(8-10-36)23-15-22-19(14-21(23)31)27(40)20(29(41)42)16-37(22)17-4-5-17/h12-17H,4-11H2,1-3H3,(H,41,42). The molecule has 4 aromatic rings. The Morgan fingerprint density at radius 2 is 1.72 bits per heavy atom. The molecule has 1 aliphatic heterocycles. The number of carboxylic acid groups (broad SMARTS) is 1. The minimum atomic E-state index is -1.33. The van der Waals surface area contributed by atoms with Crippen LogP contribution in [0.1, 0.15) is 35.7 Å². The Kier molecular flexibility index (Phi) is 8.71. The number of hydrogen-bond donors (Lipinski definition) is 1. The van der Waals surface area contributed by atoms with Crippen LogP contribution in [0.3, 0.4) is 0 Å². The third kappa shape index (κ3) is 5.91. The topological polar surface area (TPSA) is 154 Å². The molecule has 1 saturated heterocycles. The number of aromatic carboxylic acids is 1. The van der Waals surface area contributed by atoms with Crippen molar-refractivity contribution >= 4 is 40.2 Å². The van der Waals surface area contributed by atoms with E-state index in [1.165, 1.54) is 44.0 Å². The fourth-order valence-corrected chi connectivity index (χ4v) is 6.43. The van der Waals surface area contributed by atoms with E-state index >= 15 is 4.39 Å². The van der Waals surface area contributed by atoms with Gasteiger partial charge >= 0.3 is 5.97 Å². The number of amides is 1. The quantitative estimate of drug-likeness (QED) is 0.237. The average molecular weight is 654 g/mol. The van der Waals surface area contributed by atoms with Gasteiger partial charge in [-0.15, -0.1) is 5.10 Å². The molecule has 1 aliphatic carbocycles. The van der Waals surface area contributed by atoms with Crippen molar-refractivity contribution in [3.05, 3.63) is 52.1 Å². The van der Waals surface area contributed by atoms with Crippen LogP contribution in [-0.4, -0.2) is 99.9 Å². The second kappa shape index (κ2) is 12.9. The summed E-state index contributed by atoms with van der Waals surface area (Å²) in [4.78, 5) is 41.1. The van der Waals surface area contributed by atoms with Crippen LogP contribution in [0.4, 0.5) is 10.1 Å². The van der Waals surface area contributed by atoms with Crippen molar-refractivity contribution < 1.29 is 33.3 Å². The van der Waals surface area contributed by atoms with Gasteiger partial charge in [0.1, 0.15) is 11.4 Å². The van der Waals surface area contributed by atoms with Gasteiger partial charge in [0.05, 0.1) is 38.2 Å². The van der Waals surface area contributed by atoms with Crippen molar-refractivity contribution in [3.63, 3.8) is 0 Å². The molecule has 2 aliphatic rings. The van der Waals surface area contributed by atoms with E-state index < -0.39 is 17.2 Å². The van der Waals surface area contributed by atoms with Crippen molar-refractivity contribution in [2.45, 2.75) is 30.5 Å². The summed E-state index contributed by atoms with van der Waals surface area (Å²) in [6, 6.07) is 6.30. The number of pyridine rings is 1. The normalized spacial score (nSPS) is 14.9. The summed E-state index contributed by atoms with van der Waals surface area (Å²) in [6.45, 7) is 1.61. The molecule has 0 bridgehead atoms. The molecule has 0 unspecified atom stereocenters. The van der Waals surface area contributed by atoms with Crippen LogP contribution in [0.2, 0.25) is 0 Å². The summed E-state index contributed by atoms with van der Waals surface area (Å²) in [5.74, 6) is -0.200. The van der Waals surface area contributed by atoms with Crippen LogP contribution in [0, 0.1) is 5.82 Å². The van der Waals surface area contributed by atoms with E-state index in [0.29, 0.717) is 71.2 Å². The largest absolute Gasteiger partial charge is 0.493 e. The Balaban J connectivity index is 1.09. The summed E-state index contributed by atoms with van der Waals surface area (Å²) in [5, 5.41) is 22.0. The summed E-state index contributed by atoms with van der Waals surface area (Å²) in [7, 11) is 4.56. The molecule has 0 spiro atoms. The van der Waals surface area contributed by atoms with Crippen molar-refractivity contribution in [2.75, 3.05) is 58.2 Å². The van der Waals surface area contributed by atoms with Gasteiger partial charge in [0, 0.05) is 68.1 Å². The highest BCUT2D eigenvalue weighted by atomic mass is 32.2. The summed E-state index contributed by atoms with van der Waals surface area (Å²) in [5.41, 5.74) is 0.371. The third-order valence-electron chi connectivity index (χ3n) is 8.13. The second-order valence-electron chi connectivity index (χ2n) is 10.9. The van der Waals surface area contributed by atoms with Crippen LogP contribution in [-0.2, 0) is 4.79 Å². The Morgan fingerprint density at radius 1 is 1.02 bits per heavy atom. The van der Waals surface area contributed by atoms with Crippen molar-refractivity contribution in [3.8, 4) is 22.9 Å². The van der Waals surface area contributed by atoms with Gasteiger partial charge in [-0.1, -0.05) is 11.8 Å². The van der Waals surface area contributed by atoms with E-state index in [2.05, 4.69) is 15.5 Å². The molecule has 1 N–H and O–H groups in total. The number of anilines is 1. The lowest BCUT2D eigenvalue weighted by molar-refractivity contribution is -0.131. The maximum Gasteiger partial charge on any atom is 0.341 e. The molecule has 0 atom stereocenters. The van der Waals surface area contributed by atoms with Gasteiger partial charge in [0.15, 0.2) is 11.5 Å². The molecule has 6 rings (SSSR count). The molecule has 2 aromatic carbocycles. The lowest BCUT2D eigenvalue weighted by Gasteiger charge is -2.36. The number of ether oxygens (including phenoxy) is 3. The van der Waals surface area contributed by atoms with E-state index in [1.807, 2.05) is 4.90 Å². The number of hydrogen-bond acceptors (Lipinski definition) is 11. The highest BCUT2D eigenvalue weighted by Gasteiger charge is 2.29. The first kappa shape index (κ1) is 31.1. The van der Waals surface area contributed by atoms with E-state index in [-0.39, 0.29) is 29.3 Å². The number of piperazine rings is 1. The maximum atomic E-state index is 15.3. The first-order valence-corrected chi connectivity index (χ1v) is 15.6. The molecule has 242 valence electrons. The predicted octanol–water partition coefficient (Wildman–Crippen LogP) is 3.01. The number of thioether (sulfide) groups is 1. The molecule has 2 fully saturated rings. The summed E-state index contributed by atoms with van der Waals surface area (Å²) < 4.78 is 34.9. The number of tetrazole rings is 1. The lowest BCUT2D eigenvalue weighted by Crippen LogP contribution is -2.49. The number of carbonyl (C=O) groups is 2. The number of carboxylic acids is 1. The maximum absolute atomic E-state index is 15.3. The van der Waals surface area contributed by atoms with Crippen molar-refractivity contribution in [1.82, 2.24) is 29.7 Å². The number of methoxy groups -OCH3 is 3. The van der Waals surface area contributed by atoms with E-state index in [9.17, 15) is 19.5 Å². The second-order valence-corrected chi connectivity index (χ2v) is 11.9. The molecule has 2 aromatic heterocycles. The van der Waals surface area contributed by atoms with Gasteiger partial charge in [-0.3, -0.25) is 9.59 Å². The molecule has 46 heavy (non-hydrogen) atoms. The van der Waals surface area contributed by atoms with Crippen LogP contribution >= 0.6 is 11.8 Å². The van der Waals surface area contributed by atoms with Crippen molar-refractivity contribution in [2.24, 2.45) is 0 Å². The SMILES string of the molecule is COc1cc(-n2nnnc2SCCC(=O)N2CCN(c3cc4c(cc3F)c(=O)c(C(=O)O)cn4C3CC3)CC2)cc(OC)c1OC. The Hall–Kier alpha value is -4.86. The monoisotopic (exact) mass is 653 g/mol. The fourth-order valence-electron chi connectivity index (χ4n) is 5.61. The van der Waals surface area contributed by atoms with E-state index in [0.717, 1.165) is 18.9 Å². The average Bonchev–Trinajstić information content (AvgIpc) is 3.80. The minimum absolute atomic E-state index is 0.0401. The lowest BCUT2D eigenvalue weighted by atomic mass is 10.1. The van der Waals surface area contributed by atoms with Gasteiger partial charge in [-0.2, -0.15) is 4.68 Å². The summed E-state index contributed by atoms with van der Waals surface area (Å²) in [6.07, 6.45) is 3.34. The number of rotatable bonds is 11. The van der Waals surface area contributed by atoms with Crippen LogP contribution in [0.5, 0.6) is 17.2 Å². The molecule has 0 radical (unpaired) electrons. The van der Waals surface area contributed by atoms with Crippen LogP contribution in [0.25, 0.3) is 16.6 Å². The molecule has 16 heteroatoms. The minimum Gasteiger partial charge on any atom is -0.493 e.